The summed E-state index contributed by atoms with van der Waals surface area (Å²) >= 11 is 0. The second-order valence-corrected chi connectivity index (χ2v) is 4.86. The molecule has 0 aromatic rings. The van der Waals surface area contributed by atoms with Crippen LogP contribution in [0.3, 0.4) is 0 Å². The van der Waals surface area contributed by atoms with Crippen molar-refractivity contribution in [1.29, 1.82) is 0 Å². The number of nitrogens with one attached hydrogen (secondary N) is 2. The molecule has 5 heteroatoms. The van der Waals surface area contributed by atoms with Crippen LogP contribution in [-0.2, 0) is 9.59 Å². The number of carbonyl (C=O) groups excluding carboxylic acids is 1. The highest BCUT2D eigenvalue weighted by atomic mass is 16.4. The third kappa shape index (κ3) is 2.52. The van der Waals surface area contributed by atoms with Crippen LogP contribution in [0.5, 0.6) is 0 Å². The average molecular weight is 228 g/mol. The van der Waals surface area contributed by atoms with Gasteiger partial charge in [0.15, 0.2) is 0 Å². The maximum atomic E-state index is 11.7. The van der Waals surface area contributed by atoms with E-state index < -0.39 is 17.3 Å². The minimum atomic E-state index is -0.875. The van der Waals surface area contributed by atoms with Crippen molar-refractivity contribution in [1.82, 2.24) is 10.6 Å². The molecule has 0 aliphatic heterocycles. The van der Waals surface area contributed by atoms with Crippen molar-refractivity contribution in [3.63, 3.8) is 0 Å². The van der Waals surface area contributed by atoms with Gasteiger partial charge >= 0.3 is 5.97 Å². The van der Waals surface area contributed by atoms with Crippen LogP contribution in [0.4, 0.5) is 0 Å². The highest BCUT2D eigenvalue weighted by molar-refractivity contribution is 5.91. The van der Waals surface area contributed by atoms with Crippen LogP contribution in [0.15, 0.2) is 0 Å². The Labute approximate surface area is 95.6 Å². The molecule has 0 unspecified atom stereocenters. The van der Waals surface area contributed by atoms with Crippen LogP contribution in [0, 0.1) is 17.3 Å². The fraction of sp³-hybridized carbons (Fsp3) is 0.818. The molecule has 0 bridgehead atoms. The Morgan fingerprint density at radius 1 is 1.25 bits per heavy atom. The molecule has 0 heterocycles. The largest absolute Gasteiger partial charge is 0.481 e. The van der Waals surface area contributed by atoms with E-state index in [2.05, 4.69) is 10.6 Å². The van der Waals surface area contributed by atoms with Gasteiger partial charge in [-0.25, -0.2) is 0 Å². The van der Waals surface area contributed by atoms with Gasteiger partial charge in [0, 0.05) is 6.54 Å². The molecule has 2 atom stereocenters. The molecule has 0 saturated heterocycles. The van der Waals surface area contributed by atoms with Gasteiger partial charge in [-0.3, -0.25) is 9.59 Å². The van der Waals surface area contributed by atoms with Gasteiger partial charge in [0.05, 0.1) is 11.8 Å². The van der Waals surface area contributed by atoms with E-state index in [0.717, 1.165) is 13.0 Å². The molecule has 0 aromatic heterocycles. The number of carbonyl (C=O) groups is 2. The van der Waals surface area contributed by atoms with Gasteiger partial charge < -0.3 is 15.7 Å². The maximum absolute atomic E-state index is 11.7. The normalized spacial score (nSPS) is 26.2. The number of hydrogen-bond acceptors (Lipinski definition) is 3. The first-order chi connectivity index (χ1) is 7.42. The van der Waals surface area contributed by atoms with Crippen molar-refractivity contribution >= 4 is 11.9 Å². The van der Waals surface area contributed by atoms with Gasteiger partial charge in [-0.2, -0.15) is 0 Å². The first kappa shape index (κ1) is 13.0. The Hall–Kier alpha value is -1.10. The summed E-state index contributed by atoms with van der Waals surface area (Å²) in [6, 6.07) is 0. The third-order valence-electron chi connectivity index (χ3n) is 3.28. The minimum Gasteiger partial charge on any atom is -0.481 e. The van der Waals surface area contributed by atoms with E-state index in [1.54, 1.807) is 0 Å². The molecular formula is C11H20N2O3. The van der Waals surface area contributed by atoms with Crippen LogP contribution >= 0.6 is 0 Å². The van der Waals surface area contributed by atoms with Crippen molar-refractivity contribution < 1.29 is 14.7 Å². The third-order valence-corrected chi connectivity index (χ3v) is 3.28. The van der Waals surface area contributed by atoms with Gasteiger partial charge in [0.1, 0.15) is 0 Å². The molecule has 0 aromatic carbocycles. The van der Waals surface area contributed by atoms with Crippen LogP contribution in [0.2, 0.25) is 0 Å². The van der Waals surface area contributed by atoms with Gasteiger partial charge in [0.2, 0.25) is 5.91 Å². The second kappa shape index (κ2) is 4.82. The number of aliphatic carboxylic acids is 1. The zero-order chi connectivity index (χ0) is 12.3. The monoisotopic (exact) mass is 228 g/mol. The fourth-order valence-electron chi connectivity index (χ4n) is 2.17. The van der Waals surface area contributed by atoms with Gasteiger partial charge in [-0.1, -0.05) is 13.8 Å². The van der Waals surface area contributed by atoms with Crippen LogP contribution in [0.1, 0.15) is 20.3 Å². The van der Waals surface area contributed by atoms with Gasteiger partial charge in [0.25, 0.3) is 0 Å². The molecular weight excluding hydrogens is 208 g/mol. The molecule has 1 rings (SSSR count). The van der Waals surface area contributed by atoms with E-state index in [1.165, 1.54) is 0 Å². The molecule has 5 nitrogen and oxygen atoms in total. The van der Waals surface area contributed by atoms with Crippen molar-refractivity contribution in [3.8, 4) is 0 Å². The Morgan fingerprint density at radius 3 is 2.31 bits per heavy atom. The fourth-order valence-corrected chi connectivity index (χ4v) is 2.17. The number of rotatable bonds is 6. The first-order valence-electron chi connectivity index (χ1n) is 5.58. The number of carboxylic acid groups (broad SMARTS) is 1. The molecule has 3 N–H and O–H groups in total. The predicted molar refractivity (Wildman–Crippen MR) is 60.0 cm³/mol. The number of amides is 1. The zero-order valence-corrected chi connectivity index (χ0v) is 10.0. The molecule has 0 radical (unpaired) electrons. The van der Waals surface area contributed by atoms with E-state index in [0.29, 0.717) is 6.54 Å². The second-order valence-electron chi connectivity index (χ2n) is 4.86. The quantitative estimate of drug-likeness (QED) is 0.562. The Bertz CT molecular complexity index is 289. The van der Waals surface area contributed by atoms with E-state index in [-0.39, 0.29) is 11.8 Å². The molecule has 92 valence electrons. The summed E-state index contributed by atoms with van der Waals surface area (Å²) in [4.78, 5) is 22.6. The number of hydrogen-bond donors (Lipinski definition) is 3. The number of carboxylic acids is 1. The average Bonchev–Trinajstić information content (AvgIpc) is 2.76. The lowest BCUT2D eigenvalue weighted by molar-refractivity contribution is -0.140. The minimum absolute atomic E-state index is 0.131. The Kier molecular flexibility index (Phi) is 3.91. The molecule has 1 aliphatic rings. The molecule has 1 amide bonds. The Morgan fingerprint density at radius 2 is 1.88 bits per heavy atom. The van der Waals surface area contributed by atoms with Crippen molar-refractivity contribution in [2.75, 3.05) is 20.1 Å². The van der Waals surface area contributed by atoms with E-state index in [1.807, 2.05) is 20.9 Å². The van der Waals surface area contributed by atoms with Crippen molar-refractivity contribution in [2.24, 2.45) is 17.3 Å². The Balaban J connectivity index is 2.36. The summed E-state index contributed by atoms with van der Waals surface area (Å²) in [5.74, 6) is -1.91. The van der Waals surface area contributed by atoms with E-state index in [4.69, 9.17) is 5.11 Å². The molecule has 16 heavy (non-hydrogen) atoms. The summed E-state index contributed by atoms with van der Waals surface area (Å²) in [6.45, 7) is 5.09. The highest BCUT2D eigenvalue weighted by Crippen LogP contribution is 2.58. The summed E-state index contributed by atoms with van der Waals surface area (Å²) in [5, 5.41) is 14.7. The standard InChI is InChI=1S/C11H20N2O3/c1-11(2)7(8(11)10(15)16)9(14)13-6-4-5-12-3/h7-8,12H,4-6H2,1-3H3,(H,13,14)(H,15,16)/t7-,8+/m1/s1. The van der Waals surface area contributed by atoms with Gasteiger partial charge in [-0.05, 0) is 25.4 Å². The topological polar surface area (TPSA) is 78.4 Å². The van der Waals surface area contributed by atoms with Crippen LogP contribution in [-0.4, -0.2) is 37.1 Å². The maximum Gasteiger partial charge on any atom is 0.307 e. The van der Waals surface area contributed by atoms with Gasteiger partial charge in [-0.15, -0.1) is 0 Å². The first-order valence-corrected chi connectivity index (χ1v) is 5.58. The summed E-state index contributed by atoms with van der Waals surface area (Å²) in [7, 11) is 1.85. The highest BCUT2D eigenvalue weighted by Gasteiger charge is 2.65. The van der Waals surface area contributed by atoms with Crippen LogP contribution in [0.25, 0.3) is 0 Å². The SMILES string of the molecule is CNCCCNC(=O)[C@H]1[C@@H](C(=O)O)C1(C)C. The molecule has 1 aliphatic carbocycles. The summed E-state index contributed by atoms with van der Waals surface area (Å²) in [6.07, 6.45) is 0.854. The predicted octanol–water partition coefficient (Wildman–Crippen LogP) is 0.0689. The lowest BCUT2D eigenvalue weighted by atomic mass is 10.1. The summed E-state index contributed by atoms with van der Waals surface area (Å²) < 4.78 is 0. The summed E-state index contributed by atoms with van der Waals surface area (Å²) in [5.41, 5.74) is -0.404. The van der Waals surface area contributed by atoms with E-state index >= 15 is 0 Å². The molecule has 1 fully saturated rings. The zero-order valence-electron chi connectivity index (χ0n) is 10.0. The van der Waals surface area contributed by atoms with Crippen molar-refractivity contribution in [2.45, 2.75) is 20.3 Å². The molecule has 1 saturated carbocycles. The van der Waals surface area contributed by atoms with E-state index in [9.17, 15) is 9.59 Å². The lowest BCUT2D eigenvalue weighted by Gasteiger charge is -2.05. The molecule has 0 spiro atoms. The smallest absolute Gasteiger partial charge is 0.307 e. The van der Waals surface area contributed by atoms with Crippen LogP contribution < -0.4 is 10.6 Å². The lowest BCUT2D eigenvalue weighted by Crippen LogP contribution is -2.29. The van der Waals surface area contributed by atoms with Crippen molar-refractivity contribution in [3.05, 3.63) is 0 Å².